The molecule has 1 unspecified atom stereocenters. The topological polar surface area (TPSA) is 38.0 Å². The molecule has 1 rings (SSSR count). The fourth-order valence-electron chi connectivity index (χ4n) is 1.71. The van der Waals surface area contributed by atoms with Crippen LogP contribution in [-0.2, 0) is 6.42 Å². The SMILES string of the molecule is CC(C)CCC(Cc1ccccc1Cl)NN. The molecule has 0 aromatic heterocycles. The summed E-state index contributed by atoms with van der Waals surface area (Å²) in [5.41, 5.74) is 4.04. The van der Waals surface area contributed by atoms with Crippen molar-refractivity contribution < 1.29 is 0 Å². The normalized spacial score (nSPS) is 13.1. The Balaban J connectivity index is 2.53. The summed E-state index contributed by atoms with van der Waals surface area (Å²) in [6, 6.07) is 8.25. The summed E-state index contributed by atoms with van der Waals surface area (Å²) in [5, 5.41) is 0.826. The van der Waals surface area contributed by atoms with E-state index in [4.69, 9.17) is 17.4 Å². The van der Waals surface area contributed by atoms with Crippen LogP contribution in [0, 0.1) is 5.92 Å². The lowest BCUT2D eigenvalue weighted by Gasteiger charge is -2.17. The van der Waals surface area contributed by atoms with Crippen molar-refractivity contribution in [3.05, 3.63) is 34.9 Å². The first-order valence-electron chi connectivity index (χ1n) is 5.83. The van der Waals surface area contributed by atoms with Gasteiger partial charge < -0.3 is 0 Å². The maximum Gasteiger partial charge on any atom is 0.0438 e. The Labute approximate surface area is 103 Å². The van der Waals surface area contributed by atoms with Gasteiger partial charge in [0, 0.05) is 11.1 Å². The second-order valence-corrected chi connectivity index (χ2v) is 5.04. The van der Waals surface area contributed by atoms with E-state index < -0.39 is 0 Å². The van der Waals surface area contributed by atoms with Gasteiger partial charge in [-0.3, -0.25) is 11.3 Å². The highest BCUT2D eigenvalue weighted by molar-refractivity contribution is 6.31. The highest BCUT2D eigenvalue weighted by atomic mass is 35.5. The van der Waals surface area contributed by atoms with E-state index in [0.29, 0.717) is 12.0 Å². The predicted molar refractivity (Wildman–Crippen MR) is 70.3 cm³/mol. The minimum Gasteiger partial charge on any atom is -0.271 e. The molecule has 0 radical (unpaired) electrons. The van der Waals surface area contributed by atoms with Gasteiger partial charge in [0.05, 0.1) is 0 Å². The van der Waals surface area contributed by atoms with E-state index in [2.05, 4.69) is 25.3 Å². The average Bonchev–Trinajstić information content (AvgIpc) is 2.26. The summed E-state index contributed by atoms with van der Waals surface area (Å²) in [7, 11) is 0. The van der Waals surface area contributed by atoms with Crippen molar-refractivity contribution in [1.29, 1.82) is 0 Å². The highest BCUT2D eigenvalue weighted by Crippen LogP contribution is 2.18. The Morgan fingerprint density at radius 3 is 2.50 bits per heavy atom. The predicted octanol–water partition coefficient (Wildman–Crippen LogP) is 3.15. The lowest BCUT2D eigenvalue weighted by atomic mass is 9.98. The molecule has 0 saturated carbocycles. The quantitative estimate of drug-likeness (QED) is 0.592. The molecule has 2 nitrogen and oxygen atoms in total. The number of hydrazine groups is 1. The van der Waals surface area contributed by atoms with E-state index in [-0.39, 0.29) is 0 Å². The summed E-state index contributed by atoms with van der Waals surface area (Å²) in [6.45, 7) is 4.45. The van der Waals surface area contributed by atoms with Gasteiger partial charge in [0.15, 0.2) is 0 Å². The molecule has 16 heavy (non-hydrogen) atoms. The molecule has 0 aliphatic rings. The van der Waals surface area contributed by atoms with Gasteiger partial charge in [-0.25, -0.2) is 0 Å². The van der Waals surface area contributed by atoms with Crippen molar-refractivity contribution in [2.75, 3.05) is 0 Å². The third-order valence-corrected chi connectivity index (χ3v) is 3.12. The molecule has 0 heterocycles. The Hall–Kier alpha value is -0.570. The van der Waals surface area contributed by atoms with Gasteiger partial charge in [0.1, 0.15) is 0 Å². The van der Waals surface area contributed by atoms with Crippen molar-refractivity contribution >= 4 is 11.6 Å². The van der Waals surface area contributed by atoms with Crippen LogP contribution in [0.1, 0.15) is 32.3 Å². The fraction of sp³-hybridized carbons (Fsp3) is 0.538. The zero-order chi connectivity index (χ0) is 12.0. The largest absolute Gasteiger partial charge is 0.271 e. The molecule has 1 aromatic carbocycles. The number of halogens is 1. The van der Waals surface area contributed by atoms with Crippen LogP contribution in [0.4, 0.5) is 0 Å². The van der Waals surface area contributed by atoms with Crippen LogP contribution in [0.5, 0.6) is 0 Å². The molecule has 0 amide bonds. The molecule has 0 bridgehead atoms. The fourth-order valence-corrected chi connectivity index (χ4v) is 1.92. The molecular weight excluding hydrogens is 220 g/mol. The van der Waals surface area contributed by atoms with Gasteiger partial charge in [0.25, 0.3) is 0 Å². The molecule has 90 valence electrons. The summed E-state index contributed by atoms with van der Waals surface area (Å²) >= 11 is 6.12. The Bertz CT molecular complexity index is 313. The minimum atomic E-state index is 0.308. The van der Waals surface area contributed by atoms with E-state index >= 15 is 0 Å². The molecule has 0 aliphatic heterocycles. The van der Waals surface area contributed by atoms with E-state index in [1.54, 1.807) is 0 Å². The van der Waals surface area contributed by atoms with Crippen LogP contribution < -0.4 is 11.3 Å². The average molecular weight is 241 g/mol. The number of hydrogen-bond donors (Lipinski definition) is 2. The molecular formula is C13H21ClN2. The van der Waals surface area contributed by atoms with E-state index in [1.807, 2.05) is 18.2 Å². The second kappa shape index (κ2) is 6.89. The number of benzene rings is 1. The molecule has 1 aromatic rings. The van der Waals surface area contributed by atoms with Crippen LogP contribution >= 0.6 is 11.6 Å². The molecule has 0 spiro atoms. The Morgan fingerprint density at radius 1 is 1.25 bits per heavy atom. The second-order valence-electron chi connectivity index (χ2n) is 4.63. The zero-order valence-electron chi connectivity index (χ0n) is 10.0. The van der Waals surface area contributed by atoms with Crippen molar-refractivity contribution in [3.8, 4) is 0 Å². The van der Waals surface area contributed by atoms with Crippen molar-refractivity contribution in [3.63, 3.8) is 0 Å². The van der Waals surface area contributed by atoms with Crippen molar-refractivity contribution in [2.45, 2.75) is 39.2 Å². The lowest BCUT2D eigenvalue weighted by molar-refractivity contribution is 0.434. The number of rotatable bonds is 6. The van der Waals surface area contributed by atoms with Gasteiger partial charge in [-0.2, -0.15) is 0 Å². The smallest absolute Gasteiger partial charge is 0.0438 e. The number of hydrogen-bond acceptors (Lipinski definition) is 2. The third-order valence-electron chi connectivity index (χ3n) is 2.75. The van der Waals surface area contributed by atoms with Crippen LogP contribution in [0.15, 0.2) is 24.3 Å². The molecule has 3 heteroatoms. The van der Waals surface area contributed by atoms with Crippen LogP contribution in [0.2, 0.25) is 5.02 Å². The first kappa shape index (κ1) is 13.5. The molecule has 1 atom stereocenters. The summed E-state index contributed by atoms with van der Waals surface area (Å²) < 4.78 is 0. The minimum absolute atomic E-state index is 0.308. The Morgan fingerprint density at radius 2 is 1.94 bits per heavy atom. The number of nitrogens with one attached hydrogen (secondary N) is 1. The third kappa shape index (κ3) is 4.52. The van der Waals surface area contributed by atoms with Gasteiger partial charge in [-0.1, -0.05) is 43.6 Å². The van der Waals surface area contributed by atoms with Crippen LogP contribution in [0.3, 0.4) is 0 Å². The number of nitrogens with two attached hydrogens (primary N) is 1. The molecule has 3 N–H and O–H groups in total. The van der Waals surface area contributed by atoms with Gasteiger partial charge in [0.2, 0.25) is 0 Å². The van der Waals surface area contributed by atoms with Crippen LogP contribution in [0.25, 0.3) is 0 Å². The summed E-state index contributed by atoms with van der Waals surface area (Å²) in [6.07, 6.45) is 3.15. The highest BCUT2D eigenvalue weighted by Gasteiger charge is 2.10. The Kier molecular flexibility index (Phi) is 5.81. The van der Waals surface area contributed by atoms with E-state index in [9.17, 15) is 0 Å². The first-order valence-corrected chi connectivity index (χ1v) is 6.20. The first-order chi connectivity index (χ1) is 7.63. The summed E-state index contributed by atoms with van der Waals surface area (Å²) in [5.74, 6) is 6.27. The molecule has 0 fully saturated rings. The monoisotopic (exact) mass is 240 g/mol. The van der Waals surface area contributed by atoms with E-state index in [1.165, 1.54) is 6.42 Å². The lowest BCUT2D eigenvalue weighted by Crippen LogP contribution is -2.37. The maximum absolute atomic E-state index is 6.12. The van der Waals surface area contributed by atoms with Gasteiger partial charge >= 0.3 is 0 Å². The van der Waals surface area contributed by atoms with Crippen molar-refractivity contribution in [1.82, 2.24) is 5.43 Å². The zero-order valence-corrected chi connectivity index (χ0v) is 10.8. The maximum atomic E-state index is 6.12. The van der Waals surface area contributed by atoms with Crippen LogP contribution in [-0.4, -0.2) is 6.04 Å². The standard InChI is InChI=1S/C13H21ClN2/c1-10(2)7-8-12(16-15)9-11-5-3-4-6-13(11)14/h3-6,10,12,16H,7-9,15H2,1-2H3. The molecule has 0 saturated heterocycles. The van der Waals surface area contributed by atoms with E-state index in [0.717, 1.165) is 23.4 Å². The van der Waals surface area contributed by atoms with Crippen molar-refractivity contribution in [2.24, 2.45) is 11.8 Å². The summed E-state index contributed by atoms with van der Waals surface area (Å²) in [4.78, 5) is 0. The van der Waals surface area contributed by atoms with Gasteiger partial charge in [-0.05, 0) is 36.8 Å². The van der Waals surface area contributed by atoms with Gasteiger partial charge in [-0.15, -0.1) is 0 Å². The molecule has 0 aliphatic carbocycles.